The van der Waals surface area contributed by atoms with Gasteiger partial charge in [0, 0.05) is 5.56 Å². The molecule has 0 saturated carbocycles. The summed E-state index contributed by atoms with van der Waals surface area (Å²) in [6.45, 7) is 6.23. The molecule has 0 radical (unpaired) electrons. The fourth-order valence-electron chi connectivity index (χ4n) is 1.94. The first kappa shape index (κ1) is 10.8. The van der Waals surface area contributed by atoms with Crippen molar-refractivity contribution in [3.8, 4) is 0 Å². The summed E-state index contributed by atoms with van der Waals surface area (Å²) < 4.78 is 0. The van der Waals surface area contributed by atoms with E-state index in [9.17, 15) is 4.79 Å². The molecule has 2 N–H and O–H groups in total. The summed E-state index contributed by atoms with van der Waals surface area (Å²) in [5, 5.41) is 0. The number of nitrogens with two attached hydrogens (primary N) is 1. The molecule has 1 aromatic carbocycles. The Hall–Kier alpha value is -1.31. The monoisotopic (exact) mass is 191 g/mol. The molecule has 14 heavy (non-hydrogen) atoms. The van der Waals surface area contributed by atoms with Crippen molar-refractivity contribution < 1.29 is 4.79 Å². The van der Waals surface area contributed by atoms with Crippen molar-refractivity contribution in [1.29, 1.82) is 0 Å². The number of amides is 1. The van der Waals surface area contributed by atoms with E-state index in [0.29, 0.717) is 5.56 Å². The molecular weight excluding hydrogens is 174 g/mol. The molecule has 0 aliphatic carbocycles. The van der Waals surface area contributed by atoms with Crippen LogP contribution in [-0.2, 0) is 12.8 Å². The quantitative estimate of drug-likeness (QED) is 0.782. The zero-order valence-corrected chi connectivity index (χ0v) is 9.05. The van der Waals surface area contributed by atoms with Gasteiger partial charge in [0.1, 0.15) is 0 Å². The fourth-order valence-corrected chi connectivity index (χ4v) is 1.94. The van der Waals surface area contributed by atoms with Gasteiger partial charge in [0.15, 0.2) is 0 Å². The highest BCUT2D eigenvalue weighted by Gasteiger charge is 2.11. The fraction of sp³-hybridized carbons (Fsp3) is 0.417. The maximum atomic E-state index is 11.2. The van der Waals surface area contributed by atoms with Crippen LogP contribution in [0.1, 0.15) is 40.9 Å². The summed E-state index contributed by atoms with van der Waals surface area (Å²) >= 11 is 0. The zero-order valence-electron chi connectivity index (χ0n) is 9.05. The molecule has 1 rings (SSSR count). The summed E-state index contributed by atoms with van der Waals surface area (Å²) in [5.74, 6) is -0.323. The first-order valence-electron chi connectivity index (χ1n) is 5.02. The zero-order chi connectivity index (χ0) is 10.7. The maximum Gasteiger partial charge on any atom is 0.248 e. The maximum absolute atomic E-state index is 11.2. The van der Waals surface area contributed by atoms with Crippen LogP contribution in [0, 0.1) is 6.92 Å². The first-order valence-corrected chi connectivity index (χ1v) is 5.02. The van der Waals surface area contributed by atoms with Crippen LogP contribution in [0.3, 0.4) is 0 Å². The lowest BCUT2D eigenvalue weighted by Gasteiger charge is -2.12. The summed E-state index contributed by atoms with van der Waals surface area (Å²) in [5.41, 5.74) is 9.62. The molecule has 2 heteroatoms. The molecule has 0 heterocycles. The molecule has 0 bridgehead atoms. The second kappa shape index (κ2) is 4.27. The number of hydrogen-bond acceptors (Lipinski definition) is 1. The second-order valence-corrected chi connectivity index (χ2v) is 3.46. The van der Waals surface area contributed by atoms with Crippen molar-refractivity contribution in [3.63, 3.8) is 0 Å². The highest BCUT2D eigenvalue weighted by atomic mass is 16.1. The average molecular weight is 191 g/mol. The molecule has 0 atom stereocenters. The Morgan fingerprint density at radius 1 is 1.21 bits per heavy atom. The van der Waals surface area contributed by atoms with Crippen molar-refractivity contribution in [2.75, 3.05) is 0 Å². The number of carbonyl (C=O) groups is 1. The summed E-state index contributed by atoms with van der Waals surface area (Å²) in [6, 6.07) is 3.80. The molecule has 0 aliphatic rings. The largest absolute Gasteiger partial charge is 0.366 e. The van der Waals surface area contributed by atoms with Crippen LogP contribution < -0.4 is 5.73 Å². The summed E-state index contributed by atoms with van der Waals surface area (Å²) in [6.07, 6.45) is 1.82. The predicted molar refractivity (Wildman–Crippen MR) is 58.5 cm³/mol. The number of primary amides is 1. The molecule has 0 aliphatic heterocycles. The van der Waals surface area contributed by atoms with Crippen LogP contribution in [0.4, 0.5) is 0 Å². The number of benzene rings is 1. The first-order chi connectivity index (χ1) is 6.61. The highest BCUT2D eigenvalue weighted by molar-refractivity contribution is 5.94. The molecule has 0 saturated heterocycles. The summed E-state index contributed by atoms with van der Waals surface area (Å²) in [4.78, 5) is 11.2. The number of carbonyl (C=O) groups excluding carboxylic acids is 1. The van der Waals surface area contributed by atoms with Crippen LogP contribution in [0.15, 0.2) is 12.1 Å². The third-order valence-electron chi connectivity index (χ3n) is 2.64. The lowest BCUT2D eigenvalue weighted by atomic mass is 9.93. The van der Waals surface area contributed by atoms with Gasteiger partial charge < -0.3 is 5.73 Å². The van der Waals surface area contributed by atoms with E-state index in [2.05, 4.69) is 20.8 Å². The van der Waals surface area contributed by atoms with E-state index >= 15 is 0 Å². The number of aryl methyl sites for hydroxylation is 1. The van der Waals surface area contributed by atoms with Gasteiger partial charge in [0.05, 0.1) is 0 Å². The van der Waals surface area contributed by atoms with Gasteiger partial charge in [-0.15, -0.1) is 0 Å². The van der Waals surface area contributed by atoms with Gasteiger partial charge in [0.25, 0.3) is 0 Å². The van der Waals surface area contributed by atoms with Crippen LogP contribution in [0.25, 0.3) is 0 Å². The molecule has 0 spiro atoms. The molecule has 1 amide bonds. The van der Waals surface area contributed by atoms with Crippen LogP contribution in [-0.4, -0.2) is 5.91 Å². The van der Waals surface area contributed by atoms with E-state index in [4.69, 9.17) is 5.73 Å². The number of hydrogen-bond donors (Lipinski definition) is 1. The lowest BCUT2D eigenvalue weighted by molar-refractivity contribution is 0.0999. The third kappa shape index (κ3) is 1.79. The Bertz CT molecular complexity index is 356. The van der Waals surface area contributed by atoms with Gasteiger partial charge in [0.2, 0.25) is 5.91 Å². The van der Waals surface area contributed by atoms with E-state index in [-0.39, 0.29) is 5.91 Å². The minimum absolute atomic E-state index is 0.323. The minimum Gasteiger partial charge on any atom is -0.366 e. The van der Waals surface area contributed by atoms with Gasteiger partial charge in [-0.25, -0.2) is 0 Å². The van der Waals surface area contributed by atoms with Gasteiger partial charge >= 0.3 is 0 Å². The Morgan fingerprint density at radius 2 is 1.79 bits per heavy atom. The minimum atomic E-state index is -0.323. The predicted octanol–water partition coefficient (Wildman–Crippen LogP) is 2.22. The third-order valence-corrected chi connectivity index (χ3v) is 2.64. The second-order valence-electron chi connectivity index (χ2n) is 3.46. The Kier molecular flexibility index (Phi) is 3.28. The van der Waals surface area contributed by atoms with Crippen molar-refractivity contribution in [2.24, 2.45) is 5.73 Å². The number of rotatable bonds is 3. The van der Waals surface area contributed by atoms with Gasteiger partial charge in [-0.3, -0.25) is 4.79 Å². The van der Waals surface area contributed by atoms with Gasteiger partial charge in [-0.2, -0.15) is 0 Å². The van der Waals surface area contributed by atoms with Crippen molar-refractivity contribution in [2.45, 2.75) is 33.6 Å². The van der Waals surface area contributed by atoms with Gasteiger partial charge in [-0.05, 0) is 42.5 Å². The molecule has 0 aromatic heterocycles. The van der Waals surface area contributed by atoms with E-state index in [1.807, 2.05) is 12.1 Å². The summed E-state index contributed by atoms with van der Waals surface area (Å²) in [7, 11) is 0. The molecular formula is C12H17NO. The van der Waals surface area contributed by atoms with E-state index in [1.54, 1.807) is 0 Å². The van der Waals surface area contributed by atoms with E-state index in [0.717, 1.165) is 18.4 Å². The van der Waals surface area contributed by atoms with Crippen molar-refractivity contribution in [3.05, 3.63) is 34.4 Å². The van der Waals surface area contributed by atoms with Crippen LogP contribution in [0.5, 0.6) is 0 Å². The normalized spacial score (nSPS) is 10.2. The van der Waals surface area contributed by atoms with Crippen LogP contribution in [0.2, 0.25) is 0 Å². The van der Waals surface area contributed by atoms with Gasteiger partial charge in [-0.1, -0.05) is 19.9 Å². The molecule has 0 unspecified atom stereocenters. The Morgan fingerprint density at radius 3 is 2.21 bits per heavy atom. The molecule has 0 fully saturated rings. The average Bonchev–Trinajstić information content (AvgIpc) is 2.16. The van der Waals surface area contributed by atoms with Crippen LogP contribution >= 0.6 is 0 Å². The SMILES string of the molecule is CCc1c(C)ccc(C(N)=O)c1CC. The lowest BCUT2D eigenvalue weighted by Crippen LogP contribution is -2.15. The Balaban J connectivity index is 3.40. The van der Waals surface area contributed by atoms with E-state index in [1.165, 1.54) is 11.1 Å². The highest BCUT2D eigenvalue weighted by Crippen LogP contribution is 2.20. The van der Waals surface area contributed by atoms with Crippen molar-refractivity contribution in [1.82, 2.24) is 0 Å². The molecule has 1 aromatic rings. The smallest absolute Gasteiger partial charge is 0.248 e. The Labute approximate surface area is 85.1 Å². The molecule has 2 nitrogen and oxygen atoms in total. The topological polar surface area (TPSA) is 43.1 Å². The van der Waals surface area contributed by atoms with E-state index < -0.39 is 0 Å². The van der Waals surface area contributed by atoms with Crippen molar-refractivity contribution >= 4 is 5.91 Å². The molecule has 76 valence electrons. The standard InChI is InChI=1S/C12H17NO/c1-4-9-8(3)6-7-11(12(13)14)10(9)5-2/h6-7H,4-5H2,1-3H3,(H2,13,14).